The molecule has 1 aromatic rings. The summed E-state index contributed by atoms with van der Waals surface area (Å²) < 4.78 is 5.21. The van der Waals surface area contributed by atoms with E-state index in [-0.39, 0.29) is 36.4 Å². The van der Waals surface area contributed by atoms with E-state index in [0.717, 1.165) is 38.1 Å². The fraction of sp³-hybridized carbons (Fsp3) is 0.636. The first-order chi connectivity index (χ1) is 13.6. The van der Waals surface area contributed by atoms with Gasteiger partial charge in [0, 0.05) is 19.1 Å². The summed E-state index contributed by atoms with van der Waals surface area (Å²) in [4.78, 5) is 16.6. The Labute approximate surface area is 192 Å². The third kappa shape index (κ3) is 9.69. The van der Waals surface area contributed by atoms with Crippen molar-refractivity contribution < 1.29 is 9.53 Å². The quantitative estimate of drug-likeness (QED) is 0.265. The molecule has 1 unspecified atom stereocenters. The van der Waals surface area contributed by atoms with Gasteiger partial charge in [0.1, 0.15) is 12.3 Å². The van der Waals surface area contributed by atoms with E-state index in [1.165, 1.54) is 24.8 Å². The summed E-state index contributed by atoms with van der Waals surface area (Å²) in [5.74, 6) is 2.01. The highest BCUT2D eigenvalue weighted by molar-refractivity contribution is 14.0. The molecule has 0 radical (unpaired) electrons. The highest BCUT2D eigenvalue weighted by Gasteiger charge is 2.15. The second-order valence-corrected chi connectivity index (χ2v) is 7.49. The largest absolute Gasteiger partial charge is 0.497 e. The van der Waals surface area contributed by atoms with Crippen LogP contribution in [0.15, 0.2) is 29.3 Å². The minimum atomic E-state index is 0. The van der Waals surface area contributed by atoms with Crippen LogP contribution in [0.3, 0.4) is 0 Å². The first-order valence-corrected chi connectivity index (χ1v) is 10.6. The van der Waals surface area contributed by atoms with Gasteiger partial charge in [-0.15, -0.1) is 24.0 Å². The number of carbonyl (C=O) groups excluding carboxylic acids is 1. The predicted molar refractivity (Wildman–Crippen MR) is 130 cm³/mol. The van der Waals surface area contributed by atoms with Crippen molar-refractivity contribution in [2.75, 3.05) is 26.7 Å². The predicted octanol–water partition coefficient (Wildman–Crippen LogP) is 3.81. The molecule has 0 bridgehead atoms. The number of nitrogens with zero attached hydrogens (tertiary/aromatic N) is 1. The van der Waals surface area contributed by atoms with Gasteiger partial charge in [0.15, 0.2) is 5.96 Å². The zero-order valence-corrected chi connectivity index (χ0v) is 20.3. The number of amides is 1. The van der Waals surface area contributed by atoms with E-state index in [2.05, 4.69) is 40.0 Å². The average Bonchev–Trinajstić information content (AvgIpc) is 2.72. The Kier molecular flexibility index (Phi) is 12.7. The molecule has 2 rings (SSSR count). The smallest absolute Gasteiger partial charge is 0.242 e. The molecule has 0 heterocycles. The number of aliphatic imine (C=N–C) groups is 1. The van der Waals surface area contributed by atoms with Gasteiger partial charge in [-0.3, -0.25) is 4.79 Å². The van der Waals surface area contributed by atoms with Crippen molar-refractivity contribution in [2.24, 2.45) is 4.99 Å². The van der Waals surface area contributed by atoms with Crippen LogP contribution in [0.25, 0.3) is 0 Å². The van der Waals surface area contributed by atoms with Crippen molar-refractivity contribution in [3.05, 3.63) is 29.8 Å². The van der Waals surface area contributed by atoms with Crippen molar-refractivity contribution in [2.45, 2.75) is 64.3 Å². The lowest BCUT2D eigenvalue weighted by Crippen LogP contribution is -2.41. The van der Waals surface area contributed by atoms with E-state index in [9.17, 15) is 4.79 Å². The summed E-state index contributed by atoms with van der Waals surface area (Å²) in [6, 6.07) is 8.54. The summed E-state index contributed by atoms with van der Waals surface area (Å²) >= 11 is 0. The summed E-state index contributed by atoms with van der Waals surface area (Å²) in [6.45, 7) is 5.97. The van der Waals surface area contributed by atoms with Crippen LogP contribution in [0.2, 0.25) is 0 Å². The Morgan fingerprint density at radius 2 is 1.86 bits per heavy atom. The minimum Gasteiger partial charge on any atom is -0.497 e. The van der Waals surface area contributed by atoms with Crippen LogP contribution in [0.1, 0.15) is 63.9 Å². The van der Waals surface area contributed by atoms with Crippen LogP contribution in [0.4, 0.5) is 0 Å². The lowest BCUT2D eigenvalue weighted by molar-refractivity contribution is -0.120. The maximum Gasteiger partial charge on any atom is 0.242 e. The van der Waals surface area contributed by atoms with Gasteiger partial charge in [-0.25, -0.2) is 4.99 Å². The molecule has 1 aliphatic rings. The SMILES string of the molecule is CCNC(=NCC(=O)NC1CCCCC1)NCCC(C)c1ccc(OC)cc1.I. The number of nitrogens with one attached hydrogen (secondary N) is 3. The molecular weight excluding hydrogens is 479 g/mol. The Hall–Kier alpha value is -1.51. The number of benzene rings is 1. The van der Waals surface area contributed by atoms with E-state index in [4.69, 9.17) is 4.74 Å². The van der Waals surface area contributed by atoms with E-state index >= 15 is 0 Å². The van der Waals surface area contributed by atoms with Gasteiger partial charge < -0.3 is 20.7 Å². The van der Waals surface area contributed by atoms with E-state index in [0.29, 0.717) is 17.9 Å². The highest BCUT2D eigenvalue weighted by atomic mass is 127. The summed E-state index contributed by atoms with van der Waals surface area (Å²) in [5.41, 5.74) is 1.29. The molecule has 1 amide bonds. The van der Waals surface area contributed by atoms with E-state index in [1.54, 1.807) is 7.11 Å². The maximum atomic E-state index is 12.2. The molecule has 0 spiro atoms. The number of carbonyl (C=O) groups is 1. The Bertz CT molecular complexity index is 616. The number of rotatable bonds is 9. The van der Waals surface area contributed by atoms with Crippen molar-refractivity contribution >= 4 is 35.8 Å². The van der Waals surface area contributed by atoms with Gasteiger partial charge in [-0.1, -0.05) is 38.3 Å². The summed E-state index contributed by atoms with van der Waals surface area (Å²) in [6.07, 6.45) is 6.88. The third-order valence-corrected chi connectivity index (χ3v) is 5.25. The van der Waals surface area contributed by atoms with Crippen molar-refractivity contribution in [3.8, 4) is 5.75 Å². The summed E-state index contributed by atoms with van der Waals surface area (Å²) in [7, 11) is 1.68. The number of hydrogen-bond acceptors (Lipinski definition) is 3. The molecule has 1 atom stereocenters. The standard InChI is InChI=1S/C22H36N4O2.HI/c1-4-23-22(25-16-21(27)26-19-8-6-5-7-9-19)24-15-14-17(2)18-10-12-20(28-3)13-11-18;/h10-13,17,19H,4-9,14-16H2,1-3H3,(H,26,27)(H2,23,24,25);1H. The van der Waals surface area contributed by atoms with E-state index < -0.39 is 0 Å². The Morgan fingerprint density at radius 1 is 1.17 bits per heavy atom. The Morgan fingerprint density at radius 3 is 2.48 bits per heavy atom. The van der Waals surface area contributed by atoms with Crippen molar-refractivity contribution in [3.63, 3.8) is 0 Å². The van der Waals surface area contributed by atoms with E-state index in [1.807, 2.05) is 19.1 Å². The second-order valence-electron chi connectivity index (χ2n) is 7.49. The molecule has 6 nitrogen and oxygen atoms in total. The zero-order valence-electron chi connectivity index (χ0n) is 18.0. The number of ether oxygens (including phenoxy) is 1. The molecule has 1 aromatic carbocycles. The first kappa shape index (κ1) is 25.5. The van der Waals surface area contributed by atoms with Crippen LogP contribution in [-0.4, -0.2) is 44.7 Å². The number of guanidine groups is 1. The molecule has 3 N–H and O–H groups in total. The zero-order chi connectivity index (χ0) is 20.2. The molecule has 164 valence electrons. The highest BCUT2D eigenvalue weighted by Crippen LogP contribution is 2.21. The van der Waals surface area contributed by atoms with Crippen LogP contribution in [0, 0.1) is 0 Å². The monoisotopic (exact) mass is 516 g/mol. The van der Waals surface area contributed by atoms with Gasteiger partial charge in [0.25, 0.3) is 0 Å². The van der Waals surface area contributed by atoms with Crippen molar-refractivity contribution in [1.82, 2.24) is 16.0 Å². The number of halogens is 1. The van der Waals surface area contributed by atoms with Crippen LogP contribution >= 0.6 is 24.0 Å². The van der Waals surface area contributed by atoms with Crippen LogP contribution in [-0.2, 0) is 4.79 Å². The molecule has 0 saturated heterocycles. The lowest BCUT2D eigenvalue weighted by Gasteiger charge is -2.22. The maximum absolute atomic E-state index is 12.2. The average molecular weight is 516 g/mol. The van der Waals surface area contributed by atoms with Gasteiger partial charge >= 0.3 is 0 Å². The fourth-order valence-corrected chi connectivity index (χ4v) is 3.52. The summed E-state index contributed by atoms with van der Waals surface area (Å²) in [5, 5.41) is 9.66. The minimum absolute atomic E-state index is 0. The topological polar surface area (TPSA) is 74.8 Å². The van der Waals surface area contributed by atoms with Gasteiger partial charge in [0.2, 0.25) is 5.91 Å². The van der Waals surface area contributed by atoms with Gasteiger partial charge in [0.05, 0.1) is 7.11 Å². The molecule has 1 fully saturated rings. The van der Waals surface area contributed by atoms with Crippen LogP contribution < -0.4 is 20.7 Å². The van der Waals surface area contributed by atoms with Gasteiger partial charge in [-0.2, -0.15) is 0 Å². The molecule has 0 aromatic heterocycles. The Balaban J connectivity index is 0.00000420. The number of hydrogen-bond donors (Lipinski definition) is 3. The fourth-order valence-electron chi connectivity index (χ4n) is 3.52. The molecular formula is C22H37IN4O2. The second kappa shape index (κ2) is 14.5. The van der Waals surface area contributed by atoms with Gasteiger partial charge in [-0.05, 0) is 49.8 Å². The first-order valence-electron chi connectivity index (χ1n) is 10.6. The molecule has 7 heteroatoms. The lowest BCUT2D eigenvalue weighted by atomic mass is 9.95. The third-order valence-electron chi connectivity index (χ3n) is 5.25. The normalized spacial score (nSPS) is 15.8. The molecule has 0 aliphatic heterocycles. The molecule has 1 aliphatic carbocycles. The number of methoxy groups -OCH3 is 1. The van der Waals surface area contributed by atoms with Crippen molar-refractivity contribution in [1.29, 1.82) is 0 Å². The molecule has 1 saturated carbocycles. The van der Waals surface area contributed by atoms with Crippen LogP contribution in [0.5, 0.6) is 5.75 Å². The molecule has 29 heavy (non-hydrogen) atoms.